The molecule has 0 bridgehead atoms. The van der Waals surface area contributed by atoms with E-state index in [9.17, 15) is 9.50 Å². The van der Waals surface area contributed by atoms with Crippen LogP contribution in [0.1, 0.15) is 31.9 Å². The van der Waals surface area contributed by atoms with Gasteiger partial charge in [-0.3, -0.25) is 0 Å². The van der Waals surface area contributed by atoms with Crippen LogP contribution in [0.2, 0.25) is 0 Å². The Kier molecular flexibility index (Phi) is 4.19. The molecule has 4 heteroatoms. The van der Waals surface area contributed by atoms with Crippen LogP contribution in [0.25, 0.3) is 0 Å². The standard InChI is InChI=1S/C14H20FNO2/c1-10-9-16(7-4-8-18-10)14-12(11(2)17)5-3-6-13(14)15/h3,5-6,10-11,17H,4,7-9H2,1-2H3/t10?,11-/m0/s1. The van der Waals surface area contributed by atoms with Crippen LogP contribution in [0.15, 0.2) is 18.2 Å². The number of rotatable bonds is 2. The molecule has 1 aliphatic heterocycles. The van der Waals surface area contributed by atoms with Gasteiger partial charge < -0.3 is 14.7 Å². The minimum absolute atomic E-state index is 0.0777. The molecule has 1 saturated heterocycles. The fraction of sp³-hybridized carbons (Fsp3) is 0.571. The average Bonchev–Trinajstić information content (AvgIpc) is 2.53. The van der Waals surface area contributed by atoms with Crippen molar-refractivity contribution >= 4 is 5.69 Å². The topological polar surface area (TPSA) is 32.7 Å². The van der Waals surface area contributed by atoms with Crippen LogP contribution in [0, 0.1) is 5.82 Å². The number of halogens is 1. The molecule has 1 fully saturated rings. The van der Waals surface area contributed by atoms with Crippen LogP contribution in [0.5, 0.6) is 0 Å². The normalized spacial score (nSPS) is 22.7. The molecule has 1 heterocycles. The van der Waals surface area contributed by atoms with E-state index < -0.39 is 6.10 Å². The van der Waals surface area contributed by atoms with Crippen LogP contribution in [0.3, 0.4) is 0 Å². The molecule has 2 atom stereocenters. The summed E-state index contributed by atoms with van der Waals surface area (Å²) in [5.41, 5.74) is 1.16. The molecule has 1 aromatic rings. The van der Waals surface area contributed by atoms with Gasteiger partial charge in [-0.05, 0) is 26.3 Å². The number of anilines is 1. The van der Waals surface area contributed by atoms with Gasteiger partial charge in [-0.2, -0.15) is 0 Å². The van der Waals surface area contributed by atoms with Crippen molar-refractivity contribution in [3.63, 3.8) is 0 Å². The maximum atomic E-state index is 14.1. The minimum Gasteiger partial charge on any atom is -0.389 e. The molecule has 2 rings (SSSR count). The Labute approximate surface area is 107 Å². The van der Waals surface area contributed by atoms with Gasteiger partial charge in [-0.1, -0.05) is 12.1 Å². The van der Waals surface area contributed by atoms with Gasteiger partial charge in [0.25, 0.3) is 0 Å². The summed E-state index contributed by atoms with van der Waals surface area (Å²) in [7, 11) is 0. The Hall–Kier alpha value is -1.13. The van der Waals surface area contributed by atoms with Crippen molar-refractivity contribution in [3.8, 4) is 0 Å². The van der Waals surface area contributed by atoms with Crippen molar-refractivity contribution < 1.29 is 14.2 Å². The molecule has 1 aliphatic rings. The van der Waals surface area contributed by atoms with Crippen LogP contribution >= 0.6 is 0 Å². The van der Waals surface area contributed by atoms with E-state index in [0.717, 1.165) is 13.0 Å². The third-order valence-corrected chi connectivity index (χ3v) is 3.24. The van der Waals surface area contributed by atoms with E-state index >= 15 is 0 Å². The van der Waals surface area contributed by atoms with Gasteiger partial charge in [-0.15, -0.1) is 0 Å². The molecule has 0 radical (unpaired) electrons. The van der Waals surface area contributed by atoms with Gasteiger partial charge in [0.05, 0.1) is 17.9 Å². The molecule has 100 valence electrons. The number of benzene rings is 1. The molecule has 1 aromatic carbocycles. The maximum absolute atomic E-state index is 14.1. The zero-order valence-electron chi connectivity index (χ0n) is 10.9. The number of hydrogen-bond donors (Lipinski definition) is 1. The van der Waals surface area contributed by atoms with E-state index in [1.54, 1.807) is 19.1 Å². The van der Waals surface area contributed by atoms with Crippen molar-refractivity contribution in [1.82, 2.24) is 0 Å². The smallest absolute Gasteiger partial charge is 0.146 e. The summed E-state index contributed by atoms with van der Waals surface area (Å²) in [5, 5.41) is 9.77. The first kappa shape index (κ1) is 13.3. The molecular weight excluding hydrogens is 233 g/mol. The highest BCUT2D eigenvalue weighted by molar-refractivity contribution is 5.56. The van der Waals surface area contributed by atoms with E-state index in [2.05, 4.69) is 0 Å². The second-order valence-corrected chi connectivity index (χ2v) is 4.83. The van der Waals surface area contributed by atoms with Gasteiger partial charge in [0, 0.05) is 25.3 Å². The summed E-state index contributed by atoms with van der Waals surface area (Å²) in [6, 6.07) is 4.86. The lowest BCUT2D eigenvalue weighted by Crippen LogP contribution is -2.31. The van der Waals surface area contributed by atoms with Crippen molar-refractivity contribution in [3.05, 3.63) is 29.6 Å². The molecule has 3 nitrogen and oxygen atoms in total. The number of hydrogen-bond acceptors (Lipinski definition) is 3. The summed E-state index contributed by atoms with van der Waals surface area (Å²) in [6.45, 7) is 5.76. The fourth-order valence-corrected chi connectivity index (χ4v) is 2.40. The second-order valence-electron chi connectivity index (χ2n) is 4.83. The summed E-state index contributed by atoms with van der Waals surface area (Å²) < 4.78 is 19.6. The van der Waals surface area contributed by atoms with E-state index in [1.807, 2.05) is 11.8 Å². The summed E-state index contributed by atoms with van der Waals surface area (Å²) >= 11 is 0. The van der Waals surface area contributed by atoms with Crippen LogP contribution in [-0.2, 0) is 4.74 Å². The van der Waals surface area contributed by atoms with Crippen molar-refractivity contribution in [2.45, 2.75) is 32.5 Å². The zero-order valence-corrected chi connectivity index (χ0v) is 10.9. The lowest BCUT2D eigenvalue weighted by atomic mass is 10.1. The molecule has 18 heavy (non-hydrogen) atoms. The van der Waals surface area contributed by atoms with E-state index in [1.165, 1.54) is 6.07 Å². The van der Waals surface area contributed by atoms with E-state index in [4.69, 9.17) is 4.74 Å². The van der Waals surface area contributed by atoms with Gasteiger partial charge >= 0.3 is 0 Å². The van der Waals surface area contributed by atoms with Crippen molar-refractivity contribution in [2.24, 2.45) is 0 Å². The molecular formula is C14H20FNO2. The SMILES string of the molecule is CC1CN(c2c(F)cccc2[C@H](C)O)CCCO1. The first-order chi connectivity index (χ1) is 8.59. The lowest BCUT2D eigenvalue weighted by molar-refractivity contribution is 0.0820. The monoisotopic (exact) mass is 253 g/mol. The Morgan fingerprint density at radius 1 is 1.50 bits per heavy atom. The van der Waals surface area contributed by atoms with Crippen LogP contribution in [0.4, 0.5) is 10.1 Å². The first-order valence-electron chi connectivity index (χ1n) is 6.42. The van der Waals surface area contributed by atoms with Gasteiger partial charge in [0.15, 0.2) is 0 Å². The molecule has 1 unspecified atom stereocenters. The number of aliphatic hydroxyl groups excluding tert-OH is 1. The summed E-state index contributed by atoms with van der Waals surface area (Å²) in [4.78, 5) is 1.98. The molecule has 0 spiro atoms. The Morgan fingerprint density at radius 2 is 2.28 bits per heavy atom. The van der Waals surface area contributed by atoms with Gasteiger partial charge in [0.1, 0.15) is 5.82 Å². The Morgan fingerprint density at radius 3 is 3.00 bits per heavy atom. The largest absolute Gasteiger partial charge is 0.389 e. The summed E-state index contributed by atoms with van der Waals surface area (Å²) in [6.07, 6.45) is 0.280. The number of nitrogens with zero attached hydrogens (tertiary/aromatic N) is 1. The number of ether oxygens (including phenoxy) is 1. The molecule has 0 amide bonds. The lowest BCUT2D eigenvalue weighted by Gasteiger charge is -2.28. The van der Waals surface area contributed by atoms with Crippen molar-refractivity contribution in [1.29, 1.82) is 0 Å². The summed E-state index contributed by atoms with van der Waals surface area (Å²) in [5.74, 6) is -0.275. The minimum atomic E-state index is -0.671. The molecule has 0 aromatic heterocycles. The predicted molar refractivity (Wildman–Crippen MR) is 69.3 cm³/mol. The first-order valence-corrected chi connectivity index (χ1v) is 6.42. The molecule has 0 aliphatic carbocycles. The van der Waals surface area contributed by atoms with Gasteiger partial charge in [0.2, 0.25) is 0 Å². The highest BCUT2D eigenvalue weighted by atomic mass is 19.1. The quantitative estimate of drug-likeness (QED) is 0.879. The second kappa shape index (κ2) is 5.67. The van der Waals surface area contributed by atoms with Gasteiger partial charge in [-0.25, -0.2) is 4.39 Å². The predicted octanol–water partition coefficient (Wildman–Crippen LogP) is 2.49. The van der Waals surface area contributed by atoms with Crippen LogP contribution < -0.4 is 4.90 Å². The number of para-hydroxylation sites is 1. The van der Waals surface area contributed by atoms with E-state index in [-0.39, 0.29) is 11.9 Å². The Bertz CT molecular complexity index is 409. The third kappa shape index (κ3) is 2.82. The molecule has 0 saturated carbocycles. The highest BCUT2D eigenvalue weighted by Gasteiger charge is 2.22. The maximum Gasteiger partial charge on any atom is 0.146 e. The highest BCUT2D eigenvalue weighted by Crippen LogP contribution is 2.30. The van der Waals surface area contributed by atoms with Crippen LogP contribution in [-0.4, -0.2) is 30.9 Å². The van der Waals surface area contributed by atoms with E-state index in [0.29, 0.717) is 24.4 Å². The van der Waals surface area contributed by atoms with Crippen molar-refractivity contribution in [2.75, 3.05) is 24.6 Å². The molecule has 1 N–H and O–H groups in total. The zero-order chi connectivity index (χ0) is 13.1. The fourth-order valence-electron chi connectivity index (χ4n) is 2.40. The number of aliphatic hydroxyl groups is 1. The Balaban J connectivity index is 2.36. The average molecular weight is 253 g/mol. The third-order valence-electron chi connectivity index (χ3n) is 3.24.